The smallest absolute Gasteiger partial charge is 0.168 e. The van der Waals surface area contributed by atoms with Gasteiger partial charge in [0.2, 0.25) is 0 Å². The van der Waals surface area contributed by atoms with Gasteiger partial charge < -0.3 is 9.84 Å². The molecule has 1 aliphatic rings. The molecule has 0 saturated heterocycles. The van der Waals surface area contributed by atoms with Crippen molar-refractivity contribution in [3.8, 4) is 5.75 Å². The molecule has 0 aromatic heterocycles. The molecule has 1 aromatic rings. The molecule has 1 aliphatic carbocycles. The van der Waals surface area contributed by atoms with Crippen LogP contribution in [-0.4, -0.2) is 24.1 Å². The highest BCUT2D eigenvalue weighted by atomic mass is 16.5. The van der Waals surface area contributed by atoms with Gasteiger partial charge in [-0.1, -0.05) is 12.8 Å². The summed E-state index contributed by atoms with van der Waals surface area (Å²) in [6.07, 6.45) is 3.12. The van der Waals surface area contributed by atoms with Crippen molar-refractivity contribution in [3.63, 3.8) is 0 Å². The number of hydrogen-bond donors (Lipinski definition) is 1. The Labute approximate surface area is 101 Å². The Balaban J connectivity index is 2.12. The van der Waals surface area contributed by atoms with Gasteiger partial charge in [0.05, 0.1) is 13.2 Å². The largest absolute Gasteiger partial charge is 0.497 e. The molecule has 1 saturated carbocycles. The summed E-state index contributed by atoms with van der Waals surface area (Å²) < 4.78 is 5.05. The standard InChI is InChI=1S/C14H18O3/c1-17-11-8-6-10(7-9-11)14(16)12-4-2-3-5-13(12)15/h6-9,12-13,15H,2-5H2,1H3/t12-,13-/m1/s1. The number of aliphatic hydroxyl groups is 1. The van der Waals surface area contributed by atoms with Crippen molar-refractivity contribution >= 4 is 5.78 Å². The topological polar surface area (TPSA) is 46.5 Å². The molecule has 0 unspecified atom stereocenters. The molecule has 0 heterocycles. The Bertz CT molecular complexity index is 383. The Morgan fingerprint density at radius 3 is 2.47 bits per heavy atom. The van der Waals surface area contributed by atoms with Crippen LogP contribution in [-0.2, 0) is 0 Å². The van der Waals surface area contributed by atoms with Gasteiger partial charge in [0, 0.05) is 11.5 Å². The quantitative estimate of drug-likeness (QED) is 0.817. The highest BCUT2D eigenvalue weighted by molar-refractivity contribution is 5.98. The molecular weight excluding hydrogens is 216 g/mol. The van der Waals surface area contributed by atoms with Crippen molar-refractivity contribution in [1.29, 1.82) is 0 Å². The number of carbonyl (C=O) groups excluding carboxylic acids is 1. The summed E-state index contributed by atoms with van der Waals surface area (Å²) in [6, 6.07) is 7.09. The van der Waals surface area contributed by atoms with E-state index in [0.717, 1.165) is 31.4 Å². The van der Waals surface area contributed by atoms with E-state index < -0.39 is 6.10 Å². The molecule has 2 rings (SSSR count). The third kappa shape index (κ3) is 2.67. The van der Waals surface area contributed by atoms with E-state index in [4.69, 9.17) is 4.74 Å². The van der Waals surface area contributed by atoms with Crippen molar-refractivity contribution in [3.05, 3.63) is 29.8 Å². The van der Waals surface area contributed by atoms with E-state index in [9.17, 15) is 9.90 Å². The summed E-state index contributed by atoms with van der Waals surface area (Å²) in [5.74, 6) is 0.572. The molecule has 0 spiro atoms. The maximum absolute atomic E-state index is 12.2. The average molecular weight is 234 g/mol. The zero-order chi connectivity index (χ0) is 12.3. The minimum Gasteiger partial charge on any atom is -0.497 e. The molecule has 0 bridgehead atoms. The number of rotatable bonds is 3. The molecule has 1 N–H and O–H groups in total. The van der Waals surface area contributed by atoms with Crippen LogP contribution in [0.2, 0.25) is 0 Å². The van der Waals surface area contributed by atoms with E-state index in [-0.39, 0.29) is 11.7 Å². The lowest BCUT2D eigenvalue weighted by molar-refractivity contribution is 0.0525. The first-order valence-corrected chi connectivity index (χ1v) is 6.08. The maximum atomic E-state index is 12.2. The fourth-order valence-corrected chi connectivity index (χ4v) is 2.39. The molecule has 1 aromatic carbocycles. The van der Waals surface area contributed by atoms with Gasteiger partial charge in [0.1, 0.15) is 5.75 Å². The first-order valence-electron chi connectivity index (χ1n) is 6.08. The van der Waals surface area contributed by atoms with Gasteiger partial charge in [-0.25, -0.2) is 0 Å². The molecule has 92 valence electrons. The second-order valence-corrected chi connectivity index (χ2v) is 4.55. The van der Waals surface area contributed by atoms with Gasteiger partial charge in [-0.05, 0) is 37.1 Å². The molecule has 0 aliphatic heterocycles. The summed E-state index contributed by atoms with van der Waals surface area (Å²) in [5, 5.41) is 9.86. The van der Waals surface area contributed by atoms with Crippen molar-refractivity contribution in [2.24, 2.45) is 5.92 Å². The van der Waals surface area contributed by atoms with Crippen LogP contribution in [0.1, 0.15) is 36.0 Å². The Hall–Kier alpha value is -1.35. The number of ether oxygens (including phenoxy) is 1. The molecular formula is C14H18O3. The van der Waals surface area contributed by atoms with Crippen LogP contribution in [0.3, 0.4) is 0 Å². The number of aliphatic hydroxyl groups excluding tert-OH is 1. The predicted molar refractivity (Wildman–Crippen MR) is 65.3 cm³/mol. The molecule has 1 fully saturated rings. The lowest BCUT2D eigenvalue weighted by Crippen LogP contribution is -2.31. The van der Waals surface area contributed by atoms with E-state index in [1.54, 1.807) is 31.4 Å². The van der Waals surface area contributed by atoms with Gasteiger partial charge in [-0.2, -0.15) is 0 Å². The van der Waals surface area contributed by atoms with E-state index in [0.29, 0.717) is 5.56 Å². The number of hydrogen-bond acceptors (Lipinski definition) is 3. The molecule has 17 heavy (non-hydrogen) atoms. The van der Waals surface area contributed by atoms with Gasteiger partial charge in [0.15, 0.2) is 5.78 Å². The highest BCUT2D eigenvalue weighted by Gasteiger charge is 2.29. The van der Waals surface area contributed by atoms with Gasteiger partial charge >= 0.3 is 0 Å². The van der Waals surface area contributed by atoms with Crippen LogP contribution in [0, 0.1) is 5.92 Å². The second kappa shape index (κ2) is 5.32. The number of methoxy groups -OCH3 is 1. The summed E-state index contributed by atoms with van der Waals surface area (Å²) >= 11 is 0. The summed E-state index contributed by atoms with van der Waals surface area (Å²) in [7, 11) is 1.60. The minimum absolute atomic E-state index is 0.0554. The van der Waals surface area contributed by atoms with Crippen LogP contribution in [0.5, 0.6) is 5.75 Å². The number of carbonyl (C=O) groups is 1. The first-order chi connectivity index (χ1) is 8.22. The van der Waals surface area contributed by atoms with Crippen molar-refractivity contribution in [2.45, 2.75) is 31.8 Å². The number of ketones is 1. The SMILES string of the molecule is COc1ccc(C(=O)[C@@H]2CCCC[C@H]2O)cc1. The lowest BCUT2D eigenvalue weighted by Gasteiger charge is -2.26. The fraction of sp³-hybridized carbons (Fsp3) is 0.500. The maximum Gasteiger partial charge on any atom is 0.168 e. The van der Waals surface area contributed by atoms with Crippen molar-refractivity contribution in [1.82, 2.24) is 0 Å². The molecule has 0 radical (unpaired) electrons. The second-order valence-electron chi connectivity index (χ2n) is 4.55. The van der Waals surface area contributed by atoms with Crippen LogP contribution in [0.15, 0.2) is 24.3 Å². The monoisotopic (exact) mass is 234 g/mol. The number of benzene rings is 1. The van der Waals surface area contributed by atoms with E-state index in [1.807, 2.05) is 0 Å². The van der Waals surface area contributed by atoms with Crippen molar-refractivity contribution in [2.75, 3.05) is 7.11 Å². The lowest BCUT2D eigenvalue weighted by atomic mass is 9.81. The summed E-state index contributed by atoms with van der Waals surface area (Å²) in [4.78, 5) is 12.2. The fourth-order valence-electron chi connectivity index (χ4n) is 2.39. The molecule has 0 amide bonds. The van der Waals surface area contributed by atoms with Crippen LogP contribution in [0.4, 0.5) is 0 Å². The number of Topliss-reactive ketones (excluding diaryl/α,β-unsaturated/α-hetero) is 1. The minimum atomic E-state index is -0.474. The molecule has 2 atom stereocenters. The molecule has 3 nitrogen and oxygen atoms in total. The average Bonchev–Trinajstić information content (AvgIpc) is 2.39. The Kier molecular flexibility index (Phi) is 3.79. The van der Waals surface area contributed by atoms with Gasteiger partial charge in [-0.15, -0.1) is 0 Å². The Morgan fingerprint density at radius 1 is 1.24 bits per heavy atom. The third-order valence-electron chi connectivity index (χ3n) is 3.44. The highest BCUT2D eigenvalue weighted by Crippen LogP contribution is 2.27. The summed E-state index contributed by atoms with van der Waals surface area (Å²) in [5.41, 5.74) is 0.664. The normalized spacial score (nSPS) is 24.4. The first kappa shape index (κ1) is 12.1. The Morgan fingerprint density at radius 2 is 1.88 bits per heavy atom. The van der Waals surface area contributed by atoms with E-state index in [1.165, 1.54) is 0 Å². The molecule has 3 heteroatoms. The van der Waals surface area contributed by atoms with Crippen molar-refractivity contribution < 1.29 is 14.6 Å². The third-order valence-corrected chi connectivity index (χ3v) is 3.44. The van der Waals surface area contributed by atoms with Crippen LogP contribution < -0.4 is 4.74 Å². The van der Waals surface area contributed by atoms with Gasteiger partial charge in [-0.3, -0.25) is 4.79 Å². The van der Waals surface area contributed by atoms with E-state index in [2.05, 4.69) is 0 Å². The van der Waals surface area contributed by atoms with Crippen LogP contribution in [0.25, 0.3) is 0 Å². The zero-order valence-corrected chi connectivity index (χ0v) is 10.1. The van der Waals surface area contributed by atoms with E-state index >= 15 is 0 Å². The zero-order valence-electron chi connectivity index (χ0n) is 10.1. The van der Waals surface area contributed by atoms with Gasteiger partial charge in [0.25, 0.3) is 0 Å². The summed E-state index contributed by atoms with van der Waals surface area (Å²) in [6.45, 7) is 0. The predicted octanol–water partition coefficient (Wildman–Crippen LogP) is 2.43. The van der Waals surface area contributed by atoms with Crippen LogP contribution >= 0.6 is 0 Å².